The summed E-state index contributed by atoms with van der Waals surface area (Å²) in [5.41, 5.74) is 0. The Hall–Kier alpha value is -0.280. The van der Waals surface area contributed by atoms with E-state index in [1.165, 1.54) is 0 Å². The molecule has 0 aromatic rings. The van der Waals surface area contributed by atoms with Crippen LogP contribution in [0.3, 0.4) is 0 Å². The molecule has 1 saturated heterocycles. The van der Waals surface area contributed by atoms with Crippen molar-refractivity contribution in [3.05, 3.63) is 11.4 Å². The van der Waals surface area contributed by atoms with Gasteiger partial charge in [0.2, 0.25) is 6.54 Å². The van der Waals surface area contributed by atoms with E-state index in [4.69, 9.17) is 26.5 Å². The van der Waals surface area contributed by atoms with E-state index in [0.29, 0.717) is 13.2 Å². The molecule has 7 heteroatoms. The maximum atomic E-state index is 7.73. The van der Waals surface area contributed by atoms with Gasteiger partial charge in [0, 0.05) is 20.6 Å². The number of ether oxygens (including phenoxy) is 2. The van der Waals surface area contributed by atoms with E-state index in [2.05, 4.69) is 37.2 Å². The molecule has 0 bridgehead atoms. The molecule has 0 radical (unpaired) electrons. The highest BCUT2D eigenvalue weighted by molar-refractivity contribution is 7.44. The molecule has 1 heterocycles. The highest BCUT2D eigenvalue weighted by Crippen LogP contribution is 2.49. The molecule has 134 valence electrons. The average Bonchev–Trinajstić information content (AvgIpc) is 2.81. The fraction of sp³-hybridized carbons (Fsp3) is 0.938. The minimum absolute atomic E-state index is 0.115. The van der Waals surface area contributed by atoms with Crippen LogP contribution in [0.1, 0.15) is 42.9 Å². The Morgan fingerprint density at radius 2 is 1.91 bits per heavy atom. The van der Waals surface area contributed by atoms with Gasteiger partial charge in [0.25, 0.3) is 8.53 Å². The van der Waals surface area contributed by atoms with Gasteiger partial charge in [0.1, 0.15) is 18.8 Å². The number of hydrogen-bond donors (Lipinski definition) is 0. The maximum Gasteiger partial charge on any atom is 0.259 e. The maximum absolute atomic E-state index is 7.73. The smallest absolute Gasteiger partial charge is 0.259 e. The van der Waals surface area contributed by atoms with Gasteiger partial charge in [-0.25, -0.2) is 11.2 Å². The van der Waals surface area contributed by atoms with Crippen LogP contribution in [0.4, 0.5) is 0 Å². The molecule has 0 saturated carbocycles. The molecule has 1 rings (SSSR count). The van der Waals surface area contributed by atoms with Gasteiger partial charge < -0.3 is 23.4 Å². The Morgan fingerprint density at radius 3 is 2.39 bits per heavy atom. The van der Waals surface area contributed by atoms with Crippen molar-refractivity contribution in [2.45, 2.75) is 78.0 Å². The van der Waals surface area contributed by atoms with Crippen LogP contribution in [0.2, 0.25) is 0 Å². The molecule has 1 aliphatic heterocycles. The van der Waals surface area contributed by atoms with Crippen LogP contribution in [-0.4, -0.2) is 61.4 Å². The Bertz CT molecular complexity index is 400. The second-order valence-corrected chi connectivity index (χ2v) is 7.58. The molecule has 0 aromatic heterocycles. The summed E-state index contributed by atoms with van der Waals surface area (Å²) in [5.74, 6) is 0. The molecule has 0 N–H and O–H groups in total. The third kappa shape index (κ3) is 5.63. The summed E-state index contributed by atoms with van der Waals surface area (Å²) in [7, 11) is 0.274. The van der Waals surface area contributed by atoms with Gasteiger partial charge in [0.15, 0.2) is 0 Å². The lowest BCUT2D eigenvalue weighted by Gasteiger charge is -2.37. The van der Waals surface area contributed by atoms with Crippen LogP contribution in [0.25, 0.3) is 4.85 Å². The zero-order valence-electron chi connectivity index (χ0n) is 16.1. The van der Waals surface area contributed by atoms with Crippen LogP contribution < -0.4 is 0 Å². The van der Waals surface area contributed by atoms with Crippen molar-refractivity contribution < 1.29 is 19.9 Å². The van der Waals surface area contributed by atoms with Gasteiger partial charge in [-0.3, -0.25) is 0 Å². The van der Waals surface area contributed by atoms with E-state index in [9.17, 15) is 0 Å². The van der Waals surface area contributed by atoms with E-state index in [1.54, 1.807) is 7.11 Å². The standard InChI is InChI=1S/C16H31N2O4P/c1-11(2)18(12(3)4)23(20-10-9-17-7)22-16-14(6)21-13(5)15(16)19-8/h11-16H,9-10H2,1-6,8H3/t13-,14+,15-,16+,23?/m0/s1/i6D. The number of rotatable bonds is 9. The normalized spacial score (nSPS) is 30.0. The second-order valence-electron chi connectivity index (χ2n) is 6.17. The topological polar surface area (TPSA) is 44.5 Å². The summed E-state index contributed by atoms with van der Waals surface area (Å²) in [5, 5.41) is 0. The summed E-state index contributed by atoms with van der Waals surface area (Å²) < 4.78 is 33.5. The first-order chi connectivity index (χ1) is 11.4. The molecular formula is C16H31N2O4P. The highest BCUT2D eigenvalue weighted by Gasteiger charge is 2.44. The lowest BCUT2D eigenvalue weighted by Crippen LogP contribution is -2.39. The average molecular weight is 347 g/mol. The van der Waals surface area contributed by atoms with Crippen LogP contribution in [0.15, 0.2) is 0 Å². The first-order valence-corrected chi connectivity index (χ1v) is 9.19. The van der Waals surface area contributed by atoms with Crippen LogP contribution >= 0.6 is 8.53 Å². The third-order valence-corrected chi connectivity index (χ3v) is 5.81. The van der Waals surface area contributed by atoms with Crippen molar-refractivity contribution >= 4 is 8.53 Å². The largest absolute Gasteiger partial charge is 0.376 e. The van der Waals surface area contributed by atoms with Crippen molar-refractivity contribution in [1.29, 1.82) is 0 Å². The minimum atomic E-state index is -1.36. The van der Waals surface area contributed by atoms with Gasteiger partial charge in [0.05, 0.1) is 12.2 Å². The van der Waals surface area contributed by atoms with E-state index < -0.39 is 8.53 Å². The van der Waals surface area contributed by atoms with E-state index >= 15 is 0 Å². The zero-order chi connectivity index (χ0) is 18.3. The quantitative estimate of drug-likeness (QED) is 0.363. The predicted octanol–water partition coefficient (Wildman–Crippen LogP) is 3.48. The van der Waals surface area contributed by atoms with Crippen LogP contribution in [0, 0.1) is 6.57 Å². The molecule has 6 nitrogen and oxygen atoms in total. The van der Waals surface area contributed by atoms with E-state index in [-0.39, 0.29) is 43.4 Å². The van der Waals surface area contributed by atoms with Crippen molar-refractivity contribution in [3.8, 4) is 0 Å². The molecular weight excluding hydrogens is 315 g/mol. The molecule has 0 amide bonds. The van der Waals surface area contributed by atoms with Crippen molar-refractivity contribution in [1.82, 2.24) is 4.67 Å². The van der Waals surface area contributed by atoms with Gasteiger partial charge in [-0.2, -0.15) is 0 Å². The van der Waals surface area contributed by atoms with Crippen molar-refractivity contribution in [2.24, 2.45) is 0 Å². The fourth-order valence-corrected chi connectivity index (χ4v) is 4.52. The van der Waals surface area contributed by atoms with Gasteiger partial charge in [-0.05, 0) is 41.5 Å². The summed E-state index contributed by atoms with van der Waals surface area (Å²) >= 11 is 0. The Balaban J connectivity index is 2.94. The highest BCUT2D eigenvalue weighted by atomic mass is 31.2. The summed E-state index contributed by atoms with van der Waals surface area (Å²) in [6.07, 6.45) is -1.03. The van der Waals surface area contributed by atoms with Crippen LogP contribution in [-0.2, 0) is 18.5 Å². The predicted molar refractivity (Wildman–Crippen MR) is 92.1 cm³/mol. The Kier molecular flexibility index (Phi) is 8.18. The van der Waals surface area contributed by atoms with Crippen molar-refractivity contribution in [2.75, 3.05) is 20.3 Å². The zero-order valence-corrected chi connectivity index (χ0v) is 16.0. The second kappa shape index (κ2) is 9.88. The first kappa shape index (κ1) is 19.1. The molecule has 1 fully saturated rings. The molecule has 0 spiro atoms. The molecule has 0 aromatic carbocycles. The van der Waals surface area contributed by atoms with Gasteiger partial charge in [-0.15, -0.1) is 0 Å². The lowest BCUT2D eigenvalue weighted by atomic mass is 10.1. The summed E-state index contributed by atoms with van der Waals surface area (Å²) in [4.78, 5) is 3.34. The van der Waals surface area contributed by atoms with Crippen LogP contribution in [0.5, 0.6) is 0 Å². The van der Waals surface area contributed by atoms with Gasteiger partial charge in [-0.1, -0.05) is 0 Å². The lowest BCUT2D eigenvalue weighted by molar-refractivity contribution is -0.00106. The molecule has 5 atom stereocenters. The van der Waals surface area contributed by atoms with Crippen molar-refractivity contribution in [3.63, 3.8) is 0 Å². The summed E-state index contributed by atoms with van der Waals surface area (Å²) in [6, 6.07) is 0.471. The SMILES string of the molecule is [2H]C[C@H]1O[C@@H](C)[C@H](OC)[C@@H]1OP(OCC[N+]#[C-])N(C(C)C)C(C)C. The fourth-order valence-electron chi connectivity index (χ4n) is 2.76. The minimum Gasteiger partial charge on any atom is -0.376 e. The molecule has 1 unspecified atom stereocenters. The molecule has 1 aliphatic rings. The number of nitrogens with zero attached hydrogens (tertiary/aromatic N) is 2. The molecule has 23 heavy (non-hydrogen) atoms. The number of hydrogen-bond acceptors (Lipinski definition) is 5. The number of methoxy groups -OCH3 is 1. The monoisotopic (exact) mass is 347 g/mol. The Morgan fingerprint density at radius 1 is 1.26 bits per heavy atom. The van der Waals surface area contributed by atoms with E-state index in [1.807, 2.05) is 6.92 Å². The van der Waals surface area contributed by atoms with Gasteiger partial charge >= 0.3 is 0 Å². The molecule has 0 aliphatic carbocycles. The van der Waals surface area contributed by atoms with E-state index in [0.717, 1.165) is 0 Å². The summed E-state index contributed by atoms with van der Waals surface area (Å²) in [6.45, 7) is 18.0. The first-order valence-electron chi connectivity index (χ1n) is 8.76. The third-order valence-electron chi connectivity index (χ3n) is 3.68. The Labute approximate surface area is 143 Å².